The van der Waals surface area contributed by atoms with Crippen LogP contribution in [-0.4, -0.2) is 26.8 Å². The minimum absolute atomic E-state index is 0.148. The van der Waals surface area contributed by atoms with Crippen molar-refractivity contribution < 1.29 is 17.9 Å². The minimum Gasteiger partial charge on any atom is -0.417 e. The Morgan fingerprint density at radius 2 is 1.97 bits per heavy atom. The van der Waals surface area contributed by atoms with E-state index in [0.29, 0.717) is 15.9 Å². The molecule has 0 bridgehead atoms. The van der Waals surface area contributed by atoms with Crippen LogP contribution in [0.25, 0.3) is 11.3 Å². The fourth-order valence-corrected chi connectivity index (χ4v) is 3.54. The van der Waals surface area contributed by atoms with Gasteiger partial charge in [-0.15, -0.1) is 10.2 Å². The highest BCUT2D eigenvalue weighted by atomic mass is 79.9. The van der Waals surface area contributed by atoms with Crippen molar-refractivity contribution in [1.29, 1.82) is 0 Å². The zero-order chi connectivity index (χ0) is 20.4. The predicted octanol–water partition coefficient (Wildman–Crippen LogP) is 4.93. The molecule has 29 heavy (non-hydrogen) atoms. The van der Waals surface area contributed by atoms with Crippen LogP contribution < -0.4 is 10.1 Å². The number of halogens is 4. The fourth-order valence-electron chi connectivity index (χ4n) is 3.18. The maximum Gasteiger partial charge on any atom is 0.388 e. The molecule has 0 atom stereocenters. The molecule has 0 aliphatic heterocycles. The van der Waals surface area contributed by atoms with Crippen molar-refractivity contribution in [2.45, 2.75) is 31.4 Å². The van der Waals surface area contributed by atoms with E-state index >= 15 is 0 Å². The number of ether oxygens (including phenoxy) is 1. The standard InChI is InChI=1S/C19H15BrF3N5O/c20-11-5-6-13(21)12(9-11)14-10-24-18(28-27-14)26-19(7-2-8-19)15-3-1-4-16(25-15)29-17(22)23/h1,3-6,9-10,17H,2,7-8H2,(H,24,26,28). The molecule has 2 aromatic heterocycles. The molecule has 10 heteroatoms. The van der Waals surface area contributed by atoms with Crippen LogP contribution in [-0.2, 0) is 5.54 Å². The predicted molar refractivity (Wildman–Crippen MR) is 103 cm³/mol. The number of nitrogens with zero attached hydrogens (tertiary/aromatic N) is 4. The van der Waals surface area contributed by atoms with Crippen LogP contribution in [0.2, 0.25) is 0 Å². The number of rotatable bonds is 6. The van der Waals surface area contributed by atoms with Gasteiger partial charge in [0.25, 0.3) is 0 Å². The van der Waals surface area contributed by atoms with Crippen molar-refractivity contribution in [2.24, 2.45) is 0 Å². The van der Waals surface area contributed by atoms with E-state index in [2.05, 4.69) is 46.1 Å². The third-order valence-corrected chi connectivity index (χ3v) is 5.24. The maximum atomic E-state index is 14.0. The molecule has 0 radical (unpaired) electrons. The fraction of sp³-hybridized carbons (Fsp3) is 0.263. The lowest BCUT2D eigenvalue weighted by Crippen LogP contribution is -2.43. The van der Waals surface area contributed by atoms with Crippen molar-refractivity contribution in [3.05, 3.63) is 58.6 Å². The zero-order valence-corrected chi connectivity index (χ0v) is 16.5. The Hall–Kier alpha value is -2.75. The molecular weight excluding hydrogens is 451 g/mol. The molecule has 0 saturated heterocycles. The molecule has 1 N–H and O–H groups in total. The molecule has 1 saturated carbocycles. The summed E-state index contributed by atoms with van der Waals surface area (Å²) in [6.45, 7) is -2.94. The number of aromatic nitrogens is 4. The summed E-state index contributed by atoms with van der Waals surface area (Å²) in [4.78, 5) is 8.44. The van der Waals surface area contributed by atoms with Crippen molar-refractivity contribution in [1.82, 2.24) is 20.2 Å². The lowest BCUT2D eigenvalue weighted by molar-refractivity contribution is -0.0531. The third-order valence-electron chi connectivity index (χ3n) is 4.75. The van der Waals surface area contributed by atoms with Gasteiger partial charge in [-0.3, -0.25) is 0 Å². The molecule has 4 rings (SSSR count). The highest BCUT2D eigenvalue weighted by Crippen LogP contribution is 2.43. The molecule has 0 spiro atoms. The molecule has 1 aromatic carbocycles. The summed E-state index contributed by atoms with van der Waals surface area (Å²) < 4.78 is 44.1. The summed E-state index contributed by atoms with van der Waals surface area (Å²) >= 11 is 3.30. The summed E-state index contributed by atoms with van der Waals surface area (Å²) in [7, 11) is 0. The van der Waals surface area contributed by atoms with Gasteiger partial charge in [0.2, 0.25) is 11.8 Å². The molecule has 1 aliphatic rings. The molecule has 1 aliphatic carbocycles. The largest absolute Gasteiger partial charge is 0.417 e. The zero-order valence-electron chi connectivity index (χ0n) is 14.9. The number of hydrogen-bond donors (Lipinski definition) is 1. The molecule has 0 unspecified atom stereocenters. The summed E-state index contributed by atoms with van der Waals surface area (Å²) in [5.74, 6) is -0.337. The number of hydrogen-bond acceptors (Lipinski definition) is 6. The molecule has 6 nitrogen and oxygen atoms in total. The van der Waals surface area contributed by atoms with Crippen LogP contribution in [0.3, 0.4) is 0 Å². The van der Waals surface area contributed by atoms with E-state index in [0.717, 1.165) is 19.3 Å². The van der Waals surface area contributed by atoms with Gasteiger partial charge in [-0.2, -0.15) is 8.78 Å². The Morgan fingerprint density at radius 3 is 2.62 bits per heavy atom. The maximum absolute atomic E-state index is 14.0. The first-order valence-electron chi connectivity index (χ1n) is 8.81. The van der Waals surface area contributed by atoms with Gasteiger partial charge in [-0.05, 0) is 43.5 Å². The van der Waals surface area contributed by atoms with Gasteiger partial charge in [0.1, 0.15) is 11.5 Å². The van der Waals surface area contributed by atoms with Crippen LogP contribution in [0, 0.1) is 5.82 Å². The van der Waals surface area contributed by atoms with E-state index in [1.807, 2.05) is 0 Å². The van der Waals surface area contributed by atoms with Gasteiger partial charge in [0.05, 0.1) is 17.4 Å². The van der Waals surface area contributed by atoms with Crippen molar-refractivity contribution in [2.75, 3.05) is 5.32 Å². The van der Waals surface area contributed by atoms with Gasteiger partial charge in [-0.25, -0.2) is 14.4 Å². The SMILES string of the molecule is Fc1ccc(Br)cc1-c1cnc(NC2(c3cccc(OC(F)F)n3)CCC2)nn1. The number of alkyl halides is 2. The lowest BCUT2D eigenvalue weighted by Gasteiger charge is -2.41. The van der Waals surface area contributed by atoms with E-state index in [9.17, 15) is 13.2 Å². The first-order chi connectivity index (χ1) is 13.9. The van der Waals surface area contributed by atoms with E-state index in [4.69, 9.17) is 0 Å². The summed E-state index contributed by atoms with van der Waals surface area (Å²) in [5, 5.41) is 11.3. The Kier molecular flexibility index (Phi) is 5.35. The normalized spacial score (nSPS) is 15.1. The second-order valence-corrected chi connectivity index (χ2v) is 7.51. The molecular formula is C19H15BrF3N5O. The topological polar surface area (TPSA) is 72.8 Å². The average Bonchev–Trinajstić information content (AvgIpc) is 2.67. The molecule has 150 valence electrons. The van der Waals surface area contributed by atoms with Crippen LogP contribution in [0.1, 0.15) is 25.0 Å². The third kappa shape index (κ3) is 4.16. The minimum atomic E-state index is -2.94. The molecule has 3 aromatic rings. The first kappa shape index (κ1) is 19.6. The van der Waals surface area contributed by atoms with Crippen molar-refractivity contribution in [3.63, 3.8) is 0 Å². The second-order valence-electron chi connectivity index (χ2n) is 6.59. The van der Waals surface area contributed by atoms with Crippen LogP contribution in [0.4, 0.5) is 19.1 Å². The molecule has 0 amide bonds. The molecule has 2 heterocycles. The lowest BCUT2D eigenvalue weighted by atomic mass is 9.74. The Morgan fingerprint density at radius 1 is 1.14 bits per heavy atom. The van der Waals surface area contributed by atoms with Crippen molar-refractivity contribution >= 4 is 21.9 Å². The number of benzene rings is 1. The highest BCUT2D eigenvalue weighted by Gasteiger charge is 2.41. The van der Waals surface area contributed by atoms with Crippen LogP contribution in [0.5, 0.6) is 5.88 Å². The van der Waals surface area contributed by atoms with Gasteiger partial charge in [0, 0.05) is 16.1 Å². The van der Waals surface area contributed by atoms with E-state index < -0.39 is 18.0 Å². The Labute approximate surface area is 172 Å². The molecule has 1 fully saturated rings. The second kappa shape index (κ2) is 7.94. The highest BCUT2D eigenvalue weighted by molar-refractivity contribution is 9.10. The van der Waals surface area contributed by atoms with Gasteiger partial charge in [-0.1, -0.05) is 22.0 Å². The van der Waals surface area contributed by atoms with Gasteiger partial charge < -0.3 is 10.1 Å². The quantitative estimate of drug-likeness (QED) is 0.556. The van der Waals surface area contributed by atoms with E-state index in [1.54, 1.807) is 24.3 Å². The first-order valence-corrected chi connectivity index (χ1v) is 9.60. The van der Waals surface area contributed by atoms with Gasteiger partial charge in [0.15, 0.2) is 0 Å². The van der Waals surface area contributed by atoms with Gasteiger partial charge >= 0.3 is 6.61 Å². The van der Waals surface area contributed by atoms with E-state index in [-0.39, 0.29) is 17.4 Å². The number of pyridine rings is 1. The average molecular weight is 466 g/mol. The Balaban J connectivity index is 1.57. The monoisotopic (exact) mass is 465 g/mol. The number of nitrogens with one attached hydrogen (secondary N) is 1. The summed E-state index contributed by atoms with van der Waals surface area (Å²) in [6.07, 6.45) is 3.81. The van der Waals surface area contributed by atoms with Crippen molar-refractivity contribution in [3.8, 4) is 17.1 Å². The smallest absolute Gasteiger partial charge is 0.388 e. The summed E-state index contributed by atoms with van der Waals surface area (Å²) in [5.41, 5.74) is 0.545. The van der Waals surface area contributed by atoms with E-state index in [1.165, 1.54) is 18.3 Å². The Bertz CT molecular complexity index is 1010. The van der Waals surface area contributed by atoms with Crippen LogP contribution in [0.15, 0.2) is 47.1 Å². The number of anilines is 1. The van der Waals surface area contributed by atoms with Crippen LogP contribution >= 0.6 is 15.9 Å². The summed E-state index contributed by atoms with van der Waals surface area (Å²) in [6, 6.07) is 9.25.